The molecule has 1 aromatic heterocycles. The van der Waals surface area contributed by atoms with Crippen molar-refractivity contribution >= 4 is 29.3 Å². The van der Waals surface area contributed by atoms with E-state index in [1.807, 2.05) is 25.1 Å². The first-order valence-electron chi connectivity index (χ1n) is 11.8. The van der Waals surface area contributed by atoms with Crippen LogP contribution >= 0.6 is 11.8 Å². The quantitative estimate of drug-likeness (QED) is 0.296. The Balaban J connectivity index is 1.49. The molecule has 3 aromatic carbocycles. The first kappa shape index (κ1) is 24.6. The maximum atomic E-state index is 13.8. The standard InChI is InChI=1S/C28H26FN5O2S/c1-17-7-6-8-19(15-17)16-37-28-32-27-30-18(2)24(26(35)31-22-9-4-5-10-23(22)36-3)25(34(27)33-28)20-11-13-21(29)14-12-20/h4-15,25H,16H2,1-3H3,(H,31,35)(H,30,32,33)/t25-/m0/s1. The van der Waals surface area contributed by atoms with Crippen molar-refractivity contribution < 1.29 is 13.9 Å². The number of aromatic nitrogens is 3. The van der Waals surface area contributed by atoms with E-state index in [1.54, 1.807) is 36.1 Å². The summed E-state index contributed by atoms with van der Waals surface area (Å²) in [7, 11) is 1.55. The number of amides is 1. The van der Waals surface area contributed by atoms with Crippen LogP contribution in [0.5, 0.6) is 5.75 Å². The molecule has 4 aromatic rings. The molecule has 37 heavy (non-hydrogen) atoms. The fourth-order valence-electron chi connectivity index (χ4n) is 4.33. The van der Waals surface area contributed by atoms with E-state index in [1.165, 1.54) is 35.0 Å². The topological polar surface area (TPSA) is 81.1 Å². The lowest BCUT2D eigenvalue weighted by Gasteiger charge is -2.28. The summed E-state index contributed by atoms with van der Waals surface area (Å²) in [5.74, 6) is 1.10. The van der Waals surface area contributed by atoms with E-state index >= 15 is 0 Å². The highest BCUT2D eigenvalue weighted by Crippen LogP contribution is 2.37. The van der Waals surface area contributed by atoms with Gasteiger partial charge in [0, 0.05) is 11.4 Å². The molecule has 0 fully saturated rings. The van der Waals surface area contributed by atoms with Crippen molar-refractivity contribution in [1.29, 1.82) is 0 Å². The molecule has 0 aliphatic carbocycles. The molecular weight excluding hydrogens is 489 g/mol. The Labute approximate surface area is 218 Å². The Hall–Kier alpha value is -4.11. The van der Waals surface area contributed by atoms with Gasteiger partial charge in [-0.15, -0.1) is 5.10 Å². The third-order valence-corrected chi connectivity index (χ3v) is 6.98. The molecule has 7 nitrogen and oxygen atoms in total. The van der Waals surface area contributed by atoms with Crippen molar-refractivity contribution in [2.45, 2.75) is 30.8 Å². The second-order valence-corrected chi connectivity index (χ2v) is 9.65. The van der Waals surface area contributed by atoms with Gasteiger partial charge in [-0.3, -0.25) is 4.79 Å². The first-order chi connectivity index (χ1) is 17.9. The minimum absolute atomic E-state index is 0.320. The van der Waals surface area contributed by atoms with Gasteiger partial charge in [0.15, 0.2) is 0 Å². The van der Waals surface area contributed by atoms with Gasteiger partial charge in [-0.1, -0.05) is 65.9 Å². The summed E-state index contributed by atoms with van der Waals surface area (Å²) in [6, 6.07) is 21.0. The molecule has 0 radical (unpaired) electrons. The van der Waals surface area contributed by atoms with E-state index in [0.29, 0.717) is 45.1 Å². The van der Waals surface area contributed by atoms with Crippen LogP contribution in [0, 0.1) is 12.7 Å². The molecular formula is C28H26FN5O2S. The molecule has 188 valence electrons. The first-order valence-corrected chi connectivity index (χ1v) is 12.7. The molecule has 2 N–H and O–H groups in total. The summed E-state index contributed by atoms with van der Waals surface area (Å²) in [5, 5.41) is 11.5. The highest BCUT2D eigenvalue weighted by Gasteiger charge is 2.34. The Morgan fingerprint density at radius 3 is 2.65 bits per heavy atom. The number of carbonyl (C=O) groups is 1. The molecule has 1 amide bonds. The van der Waals surface area contributed by atoms with Gasteiger partial charge < -0.3 is 15.4 Å². The molecule has 0 spiro atoms. The van der Waals surface area contributed by atoms with E-state index in [4.69, 9.17) is 9.84 Å². The van der Waals surface area contributed by atoms with Crippen molar-refractivity contribution in [3.8, 4) is 5.75 Å². The monoisotopic (exact) mass is 515 g/mol. The number of nitrogens with zero attached hydrogens (tertiary/aromatic N) is 3. The number of para-hydroxylation sites is 2. The highest BCUT2D eigenvalue weighted by atomic mass is 32.2. The van der Waals surface area contributed by atoms with Gasteiger partial charge in [0.05, 0.1) is 18.4 Å². The van der Waals surface area contributed by atoms with Gasteiger partial charge in [0.1, 0.15) is 17.6 Å². The normalized spacial score (nSPS) is 14.6. The zero-order chi connectivity index (χ0) is 25.9. The van der Waals surface area contributed by atoms with Crippen molar-refractivity contribution in [1.82, 2.24) is 14.8 Å². The summed E-state index contributed by atoms with van der Waals surface area (Å²) in [6.07, 6.45) is 0. The fourth-order valence-corrected chi connectivity index (χ4v) is 5.10. The van der Waals surface area contributed by atoms with Crippen molar-refractivity contribution in [3.05, 3.63) is 107 Å². The molecule has 0 bridgehead atoms. The second-order valence-electron chi connectivity index (χ2n) is 8.71. The number of carbonyl (C=O) groups excluding carboxylic acids is 1. The van der Waals surface area contributed by atoms with Gasteiger partial charge >= 0.3 is 0 Å². The summed E-state index contributed by atoms with van der Waals surface area (Å²) in [6.45, 7) is 3.89. The van der Waals surface area contributed by atoms with Gasteiger partial charge in [0.2, 0.25) is 11.1 Å². The van der Waals surface area contributed by atoms with Crippen molar-refractivity contribution in [2.24, 2.45) is 0 Å². The number of nitrogens with one attached hydrogen (secondary N) is 2. The van der Waals surface area contributed by atoms with Crippen molar-refractivity contribution in [3.63, 3.8) is 0 Å². The maximum Gasteiger partial charge on any atom is 0.255 e. The number of aryl methyl sites for hydroxylation is 1. The van der Waals surface area contributed by atoms with E-state index in [9.17, 15) is 9.18 Å². The van der Waals surface area contributed by atoms with Crippen LogP contribution in [0.3, 0.4) is 0 Å². The Morgan fingerprint density at radius 1 is 1.11 bits per heavy atom. The number of halogens is 1. The maximum absolute atomic E-state index is 13.8. The van der Waals surface area contributed by atoms with Crippen LogP contribution in [-0.2, 0) is 10.5 Å². The second kappa shape index (κ2) is 10.5. The van der Waals surface area contributed by atoms with Crippen LogP contribution < -0.4 is 15.4 Å². The summed E-state index contributed by atoms with van der Waals surface area (Å²) in [4.78, 5) is 18.3. The Bertz CT molecular complexity index is 1480. The van der Waals surface area contributed by atoms with Crippen LogP contribution in [0.25, 0.3) is 0 Å². The molecule has 0 saturated heterocycles. The third kappa shape index (κ3) is 5.22. The number of benzene rings is 3. The zero-order valence-electron chi connectivity index (χ0n) is 20.7. The summed E-state index contributed by atoms with van der Waals surface area (Å²) < 4.78 is 20.9. The zero-order valence-corrected chi connectivity index (χ0v) is 21.5. The minimum Gasteiger partial charge on any atom is -0.495 e. The minimum atomic E-state index is -0.604. The van der Waals surface area contributed by atoms with Gasteiger partial charge in [0.25, 0.3) is 5.91 Å². The average molecular weight is 516 g/mol. The molecule has 1 aliphatic heterocycles. The van der Waals surface area contributed by atoms with Crippen LogP contribution in [-0.4, -0.2) is 27.8 Å². The number of rotatable bonds is 7. The lowest BCUT2D eigenvalue weighted by molar-refractivity contribution is -0.113. The SMILES string of the molecule is COc1ccccc1NC(=O)C1=C(C)Nc2nc(SCc3cccc(C)c3)nn2[C@H]1c1ccc(F)cc1. The van der Waals surface area contributed by atoms with E-state index in [2.05, 4.69) is 40.7 Å². The summed E-state index contributed by atoms with van der Waals surface area (Å²) in [5.41, 5.74) is 4.72. The number of hydrogen-bond acceptors (Lipinski definition) is 6. The predicted octanol–water partition coefficient (Wildman–Crippen LogP) is 5.95. The lowest BCUT2D eigenvalue weighted by Crippen LogP contribution is -2.31. The molecule has 9 heteroatoms. The third-order valence-electron chi connectivity index (χ3n) is 6.07. The molecule has 0 saturated carbocycles. The summed E-state index contributed by atoms with van der Waals surface area (Å²) >= 11 is 1.52. The van der Waals surface area contributed by atoms with Crippen LogP contribution in [0.2, 0.25) is 0 Å². The molecule has 2 heterocycles. The number of anilines is 2. The van der Waals surface area contributed by atoms with E-state index < -0.39 is 6.04 Å². The predicted molar refractivity (Wildman–Crippen MR) is 143 cm³/mol. The van der Waals surface area contributed by atoms with E-state index in [-0.39, 0.29) is 11.7 Å². The number of methoxy groups -OCH3 is 1. The lowest BCUT2D eigenvalue weighted by atomic mass is 9.95. The number of fused-ring (bicyclic) bond motifs is 1. The van der Waals surface area contributed by atoms with E-state index in [0.717, 1.165) is 0 Å². The number of thioether (sulfide) groups is 1. The van der Waals surface area contributed by atoms with Gasteiger partial charge in [-0.05, 0) is 49.2 Å². The Morgan fingerprint density at radius 2 is 1.89 bits per heavy atom. The van der Waals surface area contributed by atoms with Crippen LogP contribution in [0.4, 0.5) is 16.0 Å². The average Bonchev–Trinajstić information content (AvgIpc) is 3.30. The molecule has 1 atom stereocenters. The highest BCUT2D eigenvalue weighted by molar-refractivity contribution is 7.98. The van der Waals surface area contributed by atoms with Crippen LogP contribution in [0.15, 0.2) is 89.2 Å². The van der Waals surface area contributed by atoms with Crippen LogP contribution in [0.1, 0.15) is 29.7 Å². The number of ether oxygens (including phenoxy) is 1. The van der Waals surface area contributed by atoms with Gasteiger partial charge in [-0.2, -0.15) is 4.98 Å². The van der Waals surface area contributed by atoms with Crippen molar-refractivity contribution in [2.75, 3.05) is 17.7 Å². The molecule has 1 aliphatic rings. The number of allylic oxidation sites excluding steroid dienone is 1. The molecule has 0 unspecified atom stereocenters. The Kier molecular flexibility index (Phi) is 6.96. The molecule has 5 rings (SSSR count). The largest absolute Gasteiger partial charge is 0.495 e. The fraction of sp³-hybridized carbons (Fsp3) is 0.179. The smallest absolute Gasteiger partial charge is 0.255 e. The number of hydrogen-bond donors (Lipinski definition) is 2. The van der Waals surface area contributed by atoms with Gasteiger partial charge in [-0.25, -0.2) is 9.07 Å².